The molecule has 0 aliphatic rings. The summed E-state index contributed by atoms with van der Waals surface area (Å²) >= 11 is 11.2. The van der Waals surface area contributed by atoms with E-state index in [1.165, 1.54) is 0 Å². The number of H-pyrrole nitrogens is 1. The van der Waals surface area contributed by atoms with Gasteiger partial charge in [-0.15, -0.1) is 0 Å². The van der Waals surface area contributed by atoms with Gasteiger partial charge in [0.2, 0.25) is 0 Å². The first-order valence-corrected chi connectivity index (χ1v) is 5.80. The van der Waals surface area contributed by atoms with Crippen LogP contribution in [0.2, 0.25) is 5.02 Å². The lowest BCUT2D eigenvalue weighted by molar-refractivity contribution is 0.377. The summed E-state index contributed by atoms with van der Waals surface area (Å²) in [5, 5.41) is 4.35. The quantitative estimate of drug-likeness (QED) is 0.723. The molecule has 1 N–H and O–H groups in total. The molecule has 4 nitrogen and oxygen atoms in total. The van der Waals surface area contributed by atoms with Crippen LogP contribution in [0.25, 0.3) is 11.0 Å². The number of benzene rings is 1. The van der Waals surface area contributed by atoms with Crippen molar-refractivity contribution in [3.05, 3.63) is 46.0 Å². The van der Waals surface area contributed by atoms with Crippen LogP contribution in [-0.4, -0.2) is 14.7 Å². The predicted molar refractivity (Wildman–Crippen MR) is 67.7 cm³/mol. The van der Waals surface area contributed by atoms with Gasteiger partial charge in [0, 0.05) is 11.1 Å². The Labute approximate surface area is 107 Å². The van der Waals surface area contributed by atoms with Crippen molar-refractivity contribution in [2.24, 2.45) is 0 Å². The number of fused-ring (bicyclic) bond motifs is 1. The predicted octanol–water partition coefficient (Wildman–Crippen LogP) is 3.39. The minimum Gasteiger partial charge on any atom is -0.359 e. The molecule has 0 aliphatic carbocycles. The van der Waals surface area contributed by atoms with E-state index in [1.807, 2.05) is 28.8 Å². The van der Waals surface area contributed by atoms with E-state index in [1.54, 1.807) is 6.20 Å². The summed E-state index contributed by atoms with van der Waals surface area (Å²) in [6.07, 6.45) is 1.62. The molecule has 0 amide bonds. The second kappa shape index (κ2) is 4.01. The SMILES string of the molecule is S=c1[nH]c2cc(Cl)ccc2n1Cc1ccno1. The second-order valence-corrected chi connectivity index (χ2v) is 4.48. The summed E-state index contributed by atoms with van der Waals surface area (Å²) in [5.74, 6) is 0.761. The van der Waals surface area contributed by atoms with Crippen LogP contribution in [0.3, 0.4) is 0 Å². The summed E-state index contributed by atoms with van der Waals surface area (Å²) in [6.45, 7) is 0.556. The molecule has 2 aromatic heterocycles. The van der Waals surface area contributed by atoms with Crippen molar-refractivity contribution in [2.75, 3.05) is 0 Å². The molecule has 0 unspecified atom stereocenters. The first-order valence-electron chi connectivity index (χ1n) is 5.02. The van der Waals surface area contributed by atoms with Gasteiger partial charge in [0.05, 0.1) is 23.8 Å². The molecular weight excluding hydrogens is 258 g/mol. The summed E-state index contributed by atoms with van der Waals surface area (Å²) in [7, 11) is 0. The highest BCUT2D eigenvalue weighted by atomic mass is 35.5. The fourth-order valence-corrected chi connectivity index (χ4v) is 2.22. The molecule has 1 aromatic carbocycles. The van der Waals surface area contributed by atoms with E-state index in [4.69, 9.17) is 28.3 Å². The Kier molecular flexibility index (Phi) is 2.49. The van der Waals surface area contributed by atoms with Gasteiger partial charge in [-0.3, -0.25) is 0 Å². The fourth-order valence-electron chi connectivity index (χ4n) is 1.77. The highest BCUT2D eigenvalue weighted by Gasteiger charge is 2.07. The van der Waals surface area contributed by atoms with Gasteiger partial charge in [-0.05, 0) is 30.4 Å². The van der Waals surface area contributed by atoms with Crippen LogP contribution in [0.4, 0.5) is 0 Å². The van der Waals surface area contributed by atoms with Crippen molar-refractivity contribution in [3.63, 3.8) is 0 Å². The largest absolute Gasteiger partial charge is 0.359 e. The molecule has 3 rings (SSSR count). The Morgan fingerprint density at radius 1 is 1.41 bits per heavy atom. The van der Waals surface area contributed by atoms with Crippen LogP contribution in [0.1, 0.15) is 5.76 Å². The van der Waals surface area contributed by atoms with Gasteiger partial charge < -0.3 is 14.1 Å². The molecule has 2 heterocycles. The summed E-state index contributed by atoms with van der Waals surface area (Å²) in [4.78, 5) is 3.11. The standard InChI is InChI=1S/C11H8ClN3OS/c12-7-1-2-10-9(5-7)14-11(17)15(10)6-8-3-4-13-16-8/h1-5H,6H2,(H,14,17). The summed E-state index contributed by atoms with van der Waals surface area (Å²) < 4.78 is 7.66. The lowest BCUT2D eigenvalue weighted by Gasteiger charge is -2.00. The topological polar surface area (TPSA) is 46.8 Å². The van der Waals surface area contributed by atoms with Gasteiger partial charge in [0.25, 0.3) is 0 Å². The zero-order valence-electron chi connectivity index (χ0n) is 8.68. The maximum Gasteiger partial charge on any atom is 0.178 e. The highest BCUT2D eigenvalue weighted by Crippen LogP contribution is 2.20. The first-order chi connectivity index (χ1) is 8.24. The molecule has 0 fully saturated rings. The zero-order chi connectivity index (χ0) is 11.8. The van der Waals surface area contributed by atoms with Crippen molar-refractivity contribution in [2.45, 2.75) is 6.54 Å². The van der Waals surface area contributed by atoms with Gasteiger partial charge in [0.1, 0.15) is 0 Å². The van der Waals surface area contributed by atoms with Gasteiger partial charge in [-0.25, -0.2) is 0 Å². The van der Waals surface area contributed by atoms with Gasteiger partial charge in [0.15, 0.2) is 10.5 Å². The van der Waals surface area contributed by atoms with Crippen LogP contribution < -0.4 is 0 Å². The van der Waals surface area contributed by atoms with E-state index < -0.39 is 0 Å². The molecule has 0 radical (unpaired) electrons. The van der Waals surface area contributed by atoms with Gasteiger partial charge >= 0.3 is 0 Å². The molecule has 3 aromatic rings. The third kappa shape index (κ3) is 1.87. The molecule has 0 spiro atoms. The van der Waals surface area contributed by atoms with E-state index >= 15 is 0 Å². The van der Waals surface area contributed by atoms with E-state index in [9.17, 15) is 0 Å². The maximum absolute atomic E-state index is 5.93. The number of aromatic nitrogens is 3. The normalized spacial score (nSPS) is 11.1. The van der Waals surface area contributed by atoms with Crippen LogP contribution in [-0.2, 0) is 6.54 Å². The monoisotopic (exact) mass is 265 g/mol. The Morgan fingerprint density at radius 2 is 2.29 bits per heavy atom. The number of aromatic amines is 1. The third-order valence-corrected chi connectivity index (χ3v) is 3.10. The molecule has 6 heteroatoms. The average molecular weight is 266 g/mol. The number of hydrogen-bond donors (Lipinski definition) is 1. The van der Waals surface area contributed by atoms with Crippen molar-refractivity contribution in [3.8, 4) is 0 Å². The Hall–Kier alpha value is -1.59. The minimum atomic E-state index is 0.556. The summed E-state index contributed by atoms with van der Waals surface area (Å²) in [5.41, 5.74) is 1.91. The number of nitrogens with one attached hydrogen (secondary N) is 1. The highest BCUT2D eigenvalue weighted by molar-refractivity contribution is 7.71. The van der Waals surface area contributed by atoms with Gasteiger partial charge in [-0.1, -0.05) is 16.8 Å². The first kappa shape index (κ1) is 10.6. The van der Waals surface area contributed by atoms with Gasteiger partial charge in [-0.2, -0.15) is 0 Å². The molecule has 0 atom stereocenters. The van der Waals surface area contributed by atoms with Crippen LogP contribution in [0.5, 0.6) is 0 Å². The van der Waals surface area contributed by atoms with E-state index in [0.29, 0.717) is 16.3 Å². The fraction of sp³-hybridized carbons (Fsp3) is 0.0909. The lowest BCUT2D eigenvalue weighted by atomic mass is 10.3. The van der Waals surface area contributed by atoms with Crippen LogP contribution in [0.15, 0.2) is 35.0 Å². The number of imidazole rings is 1. The molecule has 0 bridgehead atoms. The number of rotatable bonds is 2. The number of hydrogen-bond acceptors (Lipinski definition) is 3. The Bertz CT molecular complexity index is 714. The maximum atomic E-state index is 5.93. The number of nitrogens with zero attached hydrogens (tertiary/aromatic N) is 2. The minimum absolute atomic E-state index is 0.556. The Balaban J connectivity index is 2.16. The van der Waals surface area contributed by atoms with Crippen LogP contribution >= 0.6 is 23.8 Å². The molecule has 86 valence electrons. The molecule has 0 saturated carbocycles. The van der Waals surface area contributed by atoms with Crippen molar-refractivity contribution >= 4 is 34.9 Å². The third-order valence-electron chi connectivity index (χ3n) is 2.54. The molecule has 0 saturated heterocycles. The van der Waals surface area contributed by atoms with Crippen LogP contribution in [0, 0.1) is 4.77 Å². The average Bonchev–Trinajstić information content (AvgIpc) is 2.88. The van der Waals surface area contributed by atoms with E-state index in [0.717, 1.165) is 16.8 Å². The van der Waals surface area contributed by atoms with E-state index in [2.05, 4.69) is 10.1 Å². The molecule has 17 heavy (non-hydrogen) atoms. The smallest absolute Gasteiger partial charge is 0.178 e. The van der Waals surface area contributed by atoms with Crippen molar-refractivity contribution < 1.29 is 4.52 Å². The lowest BCUT2D eigenvalue weighted by Crippen LogP contribution is -1.98. The second-order valence-electron chi connectivity index (χ2n) is 3.66. The zero-order valence-corrected chi connectivity index (χ0v) is 10.3. The van der Waals surface area contributed by atoms with Crippen molar-refractivity contribution in [1.82, 2.24) is 14.7 Å². The molecular formula is C11H8ClN3OS. The Morgan fingerprint density at radius 3 is 3.06 bits per heavy atom. The molecule has 0 aliphatic heterocycles. The van der Waals surface area contributed by atoms with Crippen molar-refractivity contribution in [1.29, 1.82) is 0 Å². The van der Waals surface area contributed by atoms with E-state index in [-0.39, 0.29) is 0 Å². The number of halogens is 1. The summed E-state index contributed by atoms with van der Waals surface area (Å²) in [6, 6.07) is 7.43.